The molecule has 0 spiro atoms. The molecule has 8 heteroatoms. The lowest BCUT2D eigenvalue weighted by Crippen LogP contribution is -2.35. The van der Waals surface area contributed by atoms with Gasteiger partial charge in [-0.3, -0.25) is 19.3 Å². The van der Waals surface area contributed by atoms with Crippen molar-refractivity contribution in [1.29, 1.82) is 0 Å². The van der Waals surface area contributed by atoms with Gasteiger partial charge >= 0.3 is 5.97 Å². The number of hydrogen-bond acceptors (Lipinski definition) is 5. The molecule has 2 aromatic carbocycles. The highest BCUT2D eigenvalue weighted by atomic mass is 35.5. The summed E-state index contributed by atoms with van der Waals surface area (Å²) in [6.45, 7) is 6.75. The summed E-state index contributed by atoms with van der Waals surface area (Å²) in [7, 11) is 0. The summed E-state index contributed by atoms with van der Waals surface area (Å²) >= 11 is 6.05. The summed E-state index contributed by atoms with van der Waals surface area (Å²) in [5.74, 6) is -2.15. The molecule has 0 aliphatic carbocycles. The van der Waals surface area contributed by atoms with E-state index in [4.69, 9.17) is 16.3 Å². The summed E-state index contributed by atoms with van der Waals surface area (Å²) in [5.41, 5.74) is 1.82. The second-order valence-corrected chi connectivity index (χ2v) is 7.74. The first-order chi connectivity index (χ1) is 14.1. The molecule has 1 N–H and O–H groups in total. The van der Waals surface area contributed by atoms with Gasteiger partial charge in [0, 0.05) is 16.8 Å². The van der Waals surface area contributed by atoms with Crippen LogP contribution in [-0.4, -0.2) is 40.7 Å². The van der Waals surface area contributed by atoms with E-state index >= 15 is 0 Å². The van der Waals surface area contributed by atoms with Gasteiger partial charge in [-0.1, -0.05) is 17.7 Å². The Morgan fingerprint density at radius 1 is 1.00 bits per heavy atom. The van der Waals surface area contributed by atoms with E-state index in [0.29, 0.717) is 10.7 Å². The Morgan fingerprint density at radius 3 is 2.30 bits per heavy atom. The SMILES string of the molecule is Cc1ccc(NC(=O)C(C)OC(=O)c2ccc3c(c2)C(=O)N(C(C)C)C3=O)cc1Cl. The number of halogens is 1. The molecule has 30 heavy (non-hydrogen) atoms. The molecule has 0 radical (unpaired) electrons. The first-order valence-electron chi connectivity index (χ1n) is 9.40. The lowest BCUT2D eigenvalue weighted by molar-refractivity contribution is -0.123. The van der Waals surface area contributed by atoms with E-state index in [1.165, 1.54) is 25.1 Å². The number of amides is 3. The Kier molecular flexibility index (Phi) is 5.94. The second-order valence-electron chi connectivity index (χ2n) is 7.34. The lowest BCUT2D eigenvalue weighted by Gasteiger charge is -2.17. The number of carbonyl (C=O) groups is 4. The minimum atomic E-state index is -1.09. The van der Waals surface area contributed by atoms with Gasteiger partial charge in [-0.25, -0.2) is 4.79 Å². The Balaban J connectivity index is 1.70. The monoisotopic (exact) mass is 428 g/mol. The molecule has 1 atom stereocenters. The third-order valence-corrected chi connectivity index (χ3v) is 5.17. The first kappa shape index (κ1) is 21.5. The summed E-state index contributed by atoms with van der Waals surface area (Å²) in [6.07, 6.45) is -1.09. The fraction of sp³-hybridized carbons (Fsp3) is 0.273. The van der Waals surface area contributed by atoms with Crippen LogP contribution in [0.5, 0.6) is 0 Å². The normalized spacial score (nSPS) is 14.0. The molecule has 3 rings (SSSR count). The number of nitrogens with one attached hydrogen (secondary N) is 1. The molecule has 0 aromatic heterocycles. The van der Waals surface area contributed by atoms with E-state index in [9.17, 15) is 19.2 Å². The average Bonchev–Trinajstić information content (AvgIpc) is 2.94. The van der Waals surface area contributed by atoms with Crippen LogP contribution < -0.4 is 5.32 Å². The summed E-state index contributed by atoms with van der Waals surface area (Å²) < 4.78 is 5.23. The highest BCUT2D eigenvalue weighted by Gasteiger charge is 2.37. The van der Waals surface area contributed by atoms with Gasteiger partial charge in [0.25, 0.3) is 17.7 Å². The van der Waals surface area contributed by atoms with Gasteiger partial charge in [-0.05, 0) is 63.6 Å². The van der Waals surface area contributed by atoms with Crippen molar-refractivity contribution in [2.45, 2.75) is 39.8 Å². The van der Waals surface area contributed by atoms with Crippen molar-refractivity contribution in [3.63, 3.8) is 0 Å². The van der Waals surface area contributed by atoms with Gasteiger partial charge in [-0.2, -0.15) is 0 Å². The minimum absolute atomic E-state index is 0.0820. The van der Waals surface area contributed by atoms with Crippen molar-refractivity contribution in [3.8, 4) is 0 Å². The van der Waals surface area contributed by atoms with E-state index < -0.39 is 29.8 Å². The van der Waals surface area contributed by atoms with Crippen LogP contribution in [0.25, 0.3) is 0 Å². The molecule has 2 aromatic rings. The van der Waals surface area contributed by atoms with Crippen LogP contribution in [0.15, 0.2) is 36.4 Å². The van der Waals surface area contributed by atoms with Crippen LogP contribution in [0.1, 0.15) is 57.4 Å². The molecule has 1 aliphatic heterocycles. The Bertz CT molecular complexity index is 1060. The topological polar surface area (TPSA) is 92.8 Å². The number of benzene rings is 2. The second kappa shape index (κ2) is 8.28. The van der Waals surface area contributed by atoms with E-state index in [2.05, 4.69) is 5.32 Å². The van der Waals surface area contributed by atoms with Crippen LogP contribution in [-0.2, 0) is 9.53 Å². The smallest absolute Gasteiger partial charge is 0.338 e. The number of nitrogens with zero attached hydrogens (tertiary/aromatic N) is 1. The number of ether oxygens (including phenoxy) is 1. The molecule has 7 nitrogen and oxygen atoms in total. The van der Waals surface area contributed by atoms with Crippen molar-refractivity contribution in [3.05, 3.63) is 63.7 Å². The maximum Gasteiger partial charge on any atom is 0.338 e. The number of hydrogen-bond donors (Lipinski definition) is 1. The van der Waals surface area contributed by atoms with Crippen LogP contribution in [0.3, 0.4) is 0 Å². The molecule has 0 saturated heterocycles. The number of esters is 1. The Hall–Kier alpha value is -3.19. The maximum atomic E-state index is 12.5. The zero-order valence-corrected chi connectivity index (χ0v) is 17.7. The van der Waals surface area contributed by atoms with Crippen LogP contribution in [0, 0.1) is 6.92 Å². The summed E-state index contributed by atoms with van der Waals surface area (Å²) in [5, 5.41) is 3.14. The fourth-order valence-corrected chi connectivity index (χ4v) is 3.23. The molecular formula is C22H21ClN2O5. The largest absolute Gasteiger partial charge is 0.449 e. The Morgan fingerprint density at radius 2 is 1.67 bits per heavy atom. The van der Waals surface area contributed by atoms with E-state index in [-0.39, 0.29) is 22.7 Å². The quantitative estimate of drug-likeness (QED) is 0.577. The minimum Gasteiger partial charge on any atom is -0.449 e. The average molecular weight is 429 g/mol. The summed E-state index contributed by atoms with van der Waals surface area (Å²) in [6, 6.07) is 8.91. The standard InChI is InChI=1S/C22H21ClN2O5/c1-11(2)25-20(27)16-8-6-14(9-17(16)21(25)28)22(29)30-13(4)19(26)24-15-7-5-12(3)18(23)10-15/h5-11,13H,1-4H3,(H,24,26). The van der Waals surface area contributed by atoms with E-state index in [1.807, 2.05) is 6.92 Å². The third kappa shape index (κ3) is 4.07. The Labute approximate surface area is 179 Å². The van der Waals surface area contributed by atoms with Gasteiger partial charge in [0.15, 0.2) is 6.10 Å². The molecule has 0 fully saturated rings. The predicted molar refractivity (Wildman–Crippen MR) is 112 cm³/mol. The number of anilines is 1. The zero-order chi connectivity index (χ0) is 22.2. The first-order valence-corrected chi connectivity index (χ1v) is 9.78. The van der Waals surface area contributed by atoms with Gasteiger partial charge in [0.05, 0.1) is 16.7 Å². The van der Waals surface area contributed by atoms with Crippen LogP contribution in [0.4, 0.5) is 5.69 Å². The highest BCUT2D eigenvalue weighted by molar-refractivity contribution is 6.31. The van der Waals surface area contributed by atoms with Gasteiger partial charge in [-0.15, -0.1) is 0 Å². The molecule has 1 aliphatic rings. The van der Waals surface area contributed by atoms with Crippen LogP contribution >= 0.6 is 11.6 Å². The van der Waals surface area contributed by atoms with Crippen molar-refractivity contribution in [1.82, 2.24) is 4.90 Å². The highest BCUT2D eigenvalue weighted by Crippen LogP contribution is 2.26. The number of carbonyl (C=O) groups excluding carboxylic acids is 4. The zero-order valence-electron chi connectivity index (χ0n) is 17.0. The van der Waals surface area contributed by atoms with Crippen LogP contribution in [0.2, 0.25) is 5.02 Å². The van der Waals surface area contributed by atoms with E-state index in [1.54, 1.807) is 32.0 Å². The fourth-order valence-electron chi connectivity index (χ4n) is 3.05. The molecule has 0 saturated carbocycles. The molecule has 156 valence electrons. The van der Waals surface area contributed by atoms with E-state index in [0.717, 1.165) is 10.5 Å². The molecule has 0 bridgehead atoms. The van der Waals surface area contributed by atoms with Crippen molar-refractivity contribution in [2.75, 3.05) is 5.32 Å². The maximum absolute atomic E-state index is 12.5. The predicted octanol–water partition coefficient (Wildman–Crippen LogP) is 3.84. The molecule has 1 unspecified atom stereocenters. The van der Waals surface area contributed by atoms with Crippen molar-refractivity contribution >= 4 is 41.0 Å². The number of rotatable bonds is 5. The molecular weight excluding hydrogens is 408 g/mol. The third-order valence-electron chi connectivity index (χ3n) is 4.76. The van der Waals surface area contributed by atoms with Gasteiger partial charge in [0.1, 0.15) is 0 Å². The lowest BCUT2D eigenvalue weighted by atomic mass is 10.1. The molecule has 3 amide bonds. The number of fused-ring (bicyclic) bond motifs is 1. The van der Waals surface area contributed by atoms with Crippen molar-refractivity contribution < 1.29 is 23.9 Å². The van der Waals surface area contributed by atoms with Gasteiger partial charge in [0.2, 0.25) is 0 Å². The number of aryl methyl sites for hydroxylation is 1. The molecule has 1 heterocycles. The summed E-state index contributed by atoms with van der Waals surface area (Å²) in [4.78, 5) is 50.8. The van der Waals surface area contributed by atoms with Gasteiger partial charge < -0.3 is 10.1 Å². The van der Waals surface area contributed by atoms with Crippen molar-refractivity contribution in [2.24, 2.45) is 0 Å². The number of imide groups is 1.